The minimum Gasteiger partial charge on any atom is -0.508 e. The molecule has 1 aromatic carbocycles. The molecular formula is C14H22N2O2. The Morgan fingerprint density at radius 2 is 1.72 bits per heavy atom. The molecule has 1 fully saturated rings. The number of phenols is 2. The number of benzene rings is 1. The van der Waals surface area contributed by atoms with Crippen LogP contribution in [0.3, 0.4) is 0 Å². The van der Waals surface area contributed by atoms with Crippen LogP contribution in [0.5, 0.6) is 11.5 Å². The Hall–Kier alpha value is -1.26. The molecule has 0 saturated carbocycles. The second-order valence-corrected chi connectivity index (χ2v) is 5.24. The Morgan fingerprint density at radius 3 is 2.33 bits per heavy atom. The molecule has 0 aliphatic carbocycles. The number of likely N-dealkylation sites (N-methyl/N-ethyl adjacent to an activating group) is 1. The Bertz CT molecular complexity index is 438. The average Bonchev–Trinajstić information content (AvgIpc) is 2.34. The smallest absolute Gasteiger partial charge is 0.121 e. The standard InChI is InChI=1S/C14H22N2O2/c1-10-8-13(17)12(11(2)14(10)18)9-16-6-4-15(3)5-7-16/h8,17-18H,4-7,9H2,1-3H3. The summed E-state index contributed by atoms with van der Waals surface area (Å²) in [6.45, 7) is 8.50. The lowest BCUT2D eigenvalue weighted by atomic mass is 10.0. The van der Waals surface area contributed by atoms with Gasteiger partial charge in [-0.1, -0.05) is 0 Å². The molecule has 1 heterocycles. The summed E-state index contributed by atoms with van der Waals surface area (Å²) in [7, 11) is 2.12. The molecule has 1 saturated heterocycles. The lowest BCUT2D eigenvalue weighted by molar-refractivity contribution is 0.147. The third-order valence-corrected chi connectivity index (χ3v) is 3.82. The van der Waals surface area contributed by atoms with E-state index in [-0.39, 0.29) is 0 Å². The maximum Gasteiger partial charge on any atom is 0.121 e. The van der Waals surface area contributed by atoms with Gasteiger partial charge in [0.2, 0.25) is 0 Å². The fraction of sp³-hybridized carbons (Fsp3) is 0.571. The van der Waals surface area contributed by atoms with Crippen LogP contribution < -0.4 is 0 Å². The highest BCUT2D eigenvalue weighted by Gasteiger charge is 2.18. The van der Waals surface area contributed by atoms with Gasteiger partial charge >= 0.3 is 0 Å². The molecule has 0 atom stereocenters. The van der Waals surface area contributed by atoms with E-state index in [2.05, 4.69) is 16.8 Å². The number of phenolic OH excluding ortho intramolecular Hbond substituents is 2. The van der Waals surface area contributed by atoms with Gasteiger partial charge in [0.05, 0.1) is 0 Å². The number of aromatic hydroxyl groups is 2. The van der Waals surface area contributed by atoms with Crippen LogP contribution in [0.15, 0.2) is 6.07 Å². The van der Waals surface area contributed by atoms with E-state index >= 15 is 0 Å². The topological polar surface area (TPSA) is 46.9 Å². The van der Waals surface area contributed by atoms with E-state index in [1.807, 2.05) is 13.8 Å². The van der Waals surface area contributed by atoms with Crippen LogP contribution in [0.1, 0.15) is 16.7 Å². The molecule has 1 aromatic rings. The fourth-order valence-corrected chi connectivity index (χ4v) is 2.42. The average molecular weight is 250 g/mol. The van der Waals surface area contributed by atoms with Crippen molar-refractivity contribution in [1.82, 2.24) is 9.80 Å². The van der Waals surface area contributed by atoms with Crippen LogP contribution in [-0.4, -0.2) is 53.2 Å². The van der Waals surface area contributed by atoms with Crippen LogP contribution in [0.25, 0.3) is 0 Å². The molecule has 0 spiro atoms. The van der Waals surface area contributed by atoms with Crippen molar-refractivity contribution in [2.75, 3.05) is 33.2 Å². The van der Waals surface area contributed by atoms with Gasteiger partial charge in [0.25, 0.3) is 0 Å². The van der Waals surface area contributed by atoms with Gasteiger partial charge in [-0.2, -0.15) is 0 Å². The highest BCUT2D eigenvalue weighted by Crippen LogP contribution is 2.32. The van der Waals surface area contributed by atoms with Crippen molar-refractivity contribution < 1.29 is 10.2 Å². The second kappa shape index (κ2) is 5.16. The summed E-state index contributed by atoms with van der Waals surface area (Å²) in [5.74, 6) is 0.596. The summed E-state index contributed by atoms with van der Waals surface area (Å²) >= 11 is 0. The van der Waals surface area contributed by atoms with E-state index in [9.17, 15) is 10.2 Å². The molecule has 4 nitrogen and oxygen atoms in total. The summed E-state index contributed by atoms with van der Waals surface area (Å²) in [5.41, 5.74) is 2.38. The van der Waals surface area contributed by atoms with Crippen LogP contribution in [0.2, 0.25) is 0 Å². The van der Waals surface area contributed by atoms with Crippen molar-refractivity contribution in [2.45, 2.75) is 20.4 Å². The molecule has 0 bridgehead atoms. The Balaban J connectivity index is 2.16. The van der Waals surface area contributed by atoms with Gasteiger partial charge in [-0.25, -0.2) is 0 Å². The van der Waals surface area contributed by atoms with Gasteiger partial charge in [0.15, 0.2) is 0 Å². The summed E-state index contributed by atoms with van der Waals surface area (Å²) in [6, 6.07) is 1.65. The Labute approximate surface area is 108 Å². The first-order valence-electron chi connectivity index (χ1n) is 6.41. The first-order chi connectivity index (χ1) is 8.49. The van der Waals surface area contributed by atoms with Gasteiger partial charge in [-0.3, -0.25) is 4.90 Å². The Morgan fingerprint density at radius 1 is 1.11 bits per heavy atom. The predicted molar refractivity (Wildman–Crippen MR) is 72.0 cm³/mol. The minimum atomic E-state index is 0.293. The zero-order valence-corrected chi connectivity index (χ0v) is 11.4. The zero-order valence-electron chi connectivity index (χ0n) is 11.4. The molecule has 0 radical (unpaired) electrons. The van der Waals surface area contributed by atoms with E-state index in [1.165, 1.54) is 0 Å². The van der Waals surface area contributed by atoms with Crippen LogP contribution in [0, 0.1) is 13.8 Å². The van der Waals surface area contributed by atoms with Crippen LogP contribution in [-0.2, 0) is 6.54 Å². The molecule has 2 N–H and O–H groups in total. The highest BCUT2D eigenvalue weighted by molar-refractivity contribution is 5.51. The SMILES string of the molecule is Cc1cc(O)c(CN2CCN(C)CC2)c(C)c1O. The highest BCUT2D eigenvalue weighted by atomic mass is 16.3. The molecule has 100 valence electrons. The van der Waals surface area contributed by atoms with Crippen molar-refractivity contribution in [3.05, 3.63) is 22.8 Å². The molecule has 4 heteroatoms. The van der Waals surface area contributed by atoms with Crippen molar-refractivity contribution in [2.24, 2.45) is 0 Å². The lowest BCUT2D eigenvalue weighted by Gasteiger charge is -2.32. The number of nitrogens with zero attached hydrogens (tertiary/aromatic N) is 2. The number of piperazine rings is 1. The van der Waals surface area contributed by atoms with Gasteiger partial charge < -0.3 is 15.1 Å². The molecule has 0 aromatic heterocycles. The molecule has 2 rings (SSSR count). The van der Waals surface area contributed by atoms with Gasteiger partial charge in [0.1, 0.15) is 11.5 Å². The molecule has 0 unspecified atom stereocenters. The molecule has 0 amide bonds. The number of rotatable bonds is 2. The van der Waals surface area contributed by atoms with Crippen molar-refractivity contribution in [1.29, 1.82) is 0 Å². The maximum atomic E-state index is 10.0. The molecule has 1 aliphatic rings. The summed E-state index contributed by atoms with van der Waals surface area (Å²) in [4.78, 5) is 4.62. The maximum absolute atomic E-state index is 10.0. The zero-order chi connectivity index (χ0) is 13.3. The first kappa shape index (κ1) is 13.2. The van der Waals surface area contributed by atoms with Gasteiger partial charge in [0, 0.05) is 38.3 Å². The lowest BCUT2D eigenvalue weighted by Crippen LogP contribution is -2.43. The first-order valence-corrected chi connectivity index (χ1v) is 6.41. The summed E-state index contributed by atoms with van der Waals surface area (Å²) < 4.78 is 0. The van der Waals surface area contributed by atoms with Crippen molar-refractivity contribution in [3.63, 3.8) is 0 Å². The quantitative estimate of drug-likeness (QED) is 0.780. The third kappa shape index (κ3) is 2.60. The van der Waals surface area contributed by atoms with Gasteiger partial charge in [-0.15, -0.1) is 0 Å². The minimum absolute atomic E-state index is 0.293. The second-order valence-electron chi connectivity index (χ2n) is 5.24. The third-order valence-electron chi connectivity index (χ3n) is 3.82. The number of aryl methyl sites for hydroxylation is 1. The molecular weight excluding hydrogens is 228 g/mol. The number of hydrogen-bond donors (Lipinski definition) is 2. The normalized spacial score (nSPS) is 18.2. The van der Waals surface area contributed by atoms with E-state index in [0.717, 1.165) is 42.9 Å². The Kier molecular flexibility index (Phi) is 3.78. The fourth-order valence-electron chi connectivity index (χ4n) is 2.42. The summed E-state index contributed by atoms with van der Waals surface area (Å²) in [6.07, 6.45) is 0. The van der Waals surface area contributed by atoms with Gasteiger partial charge in [-0.05, 0) is 38.1 Å². The predicted octanol–water partition coefficient (Wildman–Crippen LogP) is 1.46. The molecule has 1 aliphatic heterocycles. The largest absolute Gasteiger partial charge is 0.508 e. The van der Waals surface area contributed by atoms with E-state index < -0.39 is 0 Å². The van der Waals surface area contributed by atoms with E-state index in [0.29, 0.717) is 18.0 Å². The monoisotopic (exact) mass is 250 g/mol. The summed E-state index contributed by atoms with van der Waals surface area (Å²) in [5, 5.41) is 20.0. The van der Waals surface area contributed by atoms with E-state index in [1.54, 1.807) is 6.07 Å². The van der Waals surface area contributed by atoms with Crippen LogP contribution >= 0.6 is 0 Å². The van der Waals surface area contributed by atoms with Crippen molar-refractivity contribution >= 4 is 0 Å². The van der Waals surface area contributed by atoms with E-state index in [4.69, 9.17) is 0 Å². The van der Waals surface area contributed by atoms with Crippen LogP contribution in [0.4, 0.5) is 0 Å². The number of hydrogen-bond acceptors (Lipinski definition) is 4. The van der Waals surface area contributed by atoms with Crippen molar-refractivity contribution in [3.8, 4) is 11.5 Å². The molecule has 18 heavy (non-hydrogen) atoms.